The molecule has 128 valence electrons. The topological polar surface area (TPSA) is 67.2 Å². The maximum atomic E-state index is 13.3. The molecule has 0 unspecified atom stereocenters. The van der Waals surface area contributed by atoms with Gasteiger partial charge in [0.15, 0.2) is 0 Å². The van der Waals surface area contributed by atoms with E-state index in [0.717, 1.165) is 29.8 Å². The molecule has 24 heavy (non-hydrogen) atoms. The molecule has 0 radical (unpaired) electrons. The molecule has 0 aliphatic carbocycles. The first-order valence-electron chi connectivity index (χ1n) is 8.20. The maximum absolute atomic E-state index is 13.3. The number of likely N-dealkylation sites (tertiary alicyclic amines) is 1. The van der Waals surface area contributed by atoms with E-state index in [4.69, 9.17) is 0 Å². The van der Waals surface area contributed by atoms with Gasteiger partial charge in [-0.2, -0.15) is 0 Å². The number of aromatic nitrogens is 2. The monoisotopic (exact) mass is 332 g/mol. The number of rotatable bonds is 6. The molecule has 3 rings (SSSR count). The Morgan fingerprint density at radius 1 is 1.42 bits per heavy atom. The van der Waals surface area contributed by atoms with Crippen molar-refractivity contribution in [1.82, 2.24) is 19.8 Å². The van der Waals surface area contributed by atoms with Crippen LogP contribution in [0.5, 0.6) is 0 Å². The second kappa shape index (κ2) is 6.98. The standard InChI is InChI=1S/C17H21FN4O2/c1-21-14-11-12(18)4-5-13(14)20-15(21)6-8-19-16(23)7-10-22-9-2-3-17(22)24/h4-5,11H,2-3,6-10H2,1H3,(H,19,23). The number of nitrogens with zero attached hydrogens (tertiary/aromatic N) is 3. The van der Waals surface area contributed by atoms with E-state index in [-0.39, 0.29) is 17.6 Å². The van der Waals surface area contributed by atoms with Crippen molar-refractivity contribution in [3.63, 3.8) is 0 Å². The van der Waals surface area contributed by atoms with Gasteiger partial charge >= 0.3 is 0 Å². The number of hydrogen-bond donors (Lipinski definition) is 1. The van der Waals surface area contributed by atoms with E-state index in [1.165, 1.54) is 12.1 Å². The molecule has 7 heteroatoms. The number of nitrogens with one attached hydrogen (secondary N) is 1. The van der Waals surface area contributed by atoms with Crippen LogP contribution >= 0.6 is 0 Å². The third-order valence-electron chi connectivity index (χ3n) is 4.39. The quantitative estimate of drug-likeness (QED) is 0.869. The minimum atomic E-state index is -0.290. The van der Waals surface area contributed by atoms with Crippen molar-refractivity contribution in [3.05, 3.63) is 29.8 Å². The van der Waals surface area contributed by atoms with Crippen LogP contribution in [0.25, 0.3) is 11.0 Å². The van der Waals surface area contributed by atoms with Crippen molar-refractivity contribution in [2.75, 3.05) is 19.6 Å². The molecule has 1 aliphatic heterocycles. The number of benzene rings is 1. The van der Waals surface area contributed by atoms with Gasteiger partial charge in [0.2, 0.25) is 11.8 Å². The molecule has 6 nitrogen and oxygen atoms in total. The molecule has 1 aliphatic rings. The van der Waals surface area contributed by atoms with Gasteiger partial charge < -0.3 is 14.8 Å². The summed E-state index contributed by atoms with van der Waals surface area (Å²) >= 11 is 0. The van der Waals surface area contributed by atoms with Gasteiger partial charge in [-0.1, -0.05) is 0 Å². The second-order valence-electron chi connectivity index (χ2n) is 6.05. The predicted molar refractivity (Wildman–Crippen MR) is 87.8 cm³/mol. The molecular formula is C17H21FN4O2. The van der Waals surface area contributed by atoms with E-state index in [1.54, 1.807) is 11.0 Å². The molecule has 0 atom stereocenters. The van der Waals surface area contributed by atoms with Crippen LogP contribution < -0.4 is 5.32 Å². The molecule has 1 fully saturated rings. The molecule has 1 saturated heterocycles. The van der Waals surface area contributed by atoms with Gasteiger partial charge in [0.25, 0.3) is 0 Å². The molecular weight excluding hydrogens is 311 g/mol. The maximum Gasteiger partial charge on any atom is 0.222 e. The van der Waals surface area contributed by atoms with Gasteiger partial charge in [0, 0.05) is 45.9 Å². The Morgan fingerprint density at radius 2 is 2.25 bits per heavy atom. The molecule has 2 aromatic rings. The lowest BCUT2D eigenvalue weighted by Crippen LogP contribution is -2.32. The van der Waals surface area contributed by atoms with E-state index in [1.807, 2.05) is 11.6 Å². The smallest absolute Gasteiger partial charge is 0.222 e. The molecule has 1 aromatic carbocycles. The first kappa shape index (κ1) is 16.4. The summed E-state index contributed by atoms with van der Waals surface area (Å²) in [7, 11) is 1.84. The summed E-state index contributed by atoms with van der Waals surface area (Å²) in [4.78, 5) is 29.6. The summed E-state index contributed by atoms with van der Waals surface area (Å²) in [6, 6.07) is 4.50. The highest BCUT2D eigenvalue weighted by Crippen LogP contribution is 2.16. The number of imidazole rings is 1. The average molecular weight is 332 g/mol. The van der Waals surface area contributed by atoms with Crippen molar-refractivity contribution in [1.29, 1.82) is 0 Å². The Bertz CT molecular complexity index is 771. The van der Waals surface area contributed by atoms with E-state index >= 15 is 0 Å². The highest BCUT2D eigenvalue weighted by molar-refractivity contribution is 5.80. The number of carbonyl (C=O) groups is 2. The van der Waals surface area contributed by atoms with Gasteiger partial charge in [-0.3, -0.25) is 9.59 Å². The third kappa shape index (κ3) is 3.55. The highest BCUT2D eigenvalue weighted by atomic mass is 19.1. The van der Waals surface area contributed by atoms with Gasteiger partial charge in [0.1, 0.15) is 11.6 Å². The van der Waals surface area contributed by atoms with Crippen molar-refractivity contribution in [3.8, 4) is 0 Å². The minimum absolute atomic E-state index is 0.0699. The predicted octanol–water partition coefficient (Wildman–Crippen LogP) is 1.38. The number of halogens is 1. The van der Waals surface area contributed by atoms with Crippen LogP contribution in [-0.4, -0.2) is 45.9 Å². The SMILES string of the molecule is Cn1c(CCNC(=O)CCN2CCCC2=O)nc2ccc(F)cc21. The largest absolute Gasteiger partial charge is 0.356 e. The Balaban J connectivity index is 1.48. The summed E-state index contributed by atoms with van der Waals surface area (Å²) in [5, 5.41) is 2.85. The molecule has 2 heterocycles. The third-order valence-corrected chi connectivity index (χ3v) is 4.39. The molecule has 1 N–H and O–H groups in total. The van der Waals surface area contributed by atoms with Crippen molar-refractivity contribution >= 4 is 22.8 Å². The second-order valence-corrected chi connectivity index (χ2v) is 6.05. The molecule has 0 spiro atoms. The summed E-state index contributed by atoms with van der Waals surface area (Å²) in [6.45, 7) is 1.70. The summed E-state index contributed by atoms with van der Waals surface area (Å²) < 4.78 is 15.1. The van der Waals surface area contributed by atoms with Crippen molar-refractivity contribution in [2.24, 2.45) is 7.05 Å². The van der Waals surface area contributed by atoms with Crippen LogP contribution in [-0.2, 0) is 23.1 Å². The number of fused-ring (bicyclic) bond motifs is 1. The molecule has 1 aromatic heterocycles. The lowest BCUT2D eigenvalue weighted by Gasteiger charge is -2.14. The molecule has 2 amide bonds. The van der Waals surface area contributed by atoms with Gasteiger partial charge in [-0.25, -0.2) is 9.37 Å². The van der Waals surface area contributed by atoms with E-state index in [2.05, 4.69) is 10.3 Å². The van der Waals surface area contributed by atoms with Crippen molar-refractivity contribution in [2.45, 2.75) is 25.7 Å². The van der Waals surface area contributed by atoms with Gasteiger partial charge in [0.05, 0.1) is 11.0 Å². The first-order chi connectivity index (χ1) is 11.5. The van der Waals surface area contributed by atoms with Crippen LogP contribution in [0.15, 0.2) is 18.2 Å². The Kier molecular flexibility index (Phi) is 4.78. The number of aryl methyl sites for hydroxylation is 1. The fraction of sp³-hybridized carbons (Fsp3) is 0.471. The van der Waals surface area contributed by atoms with Gasteiger partial charge in [-0.05, 0) is 24.6 Å². The Labute approximate surface area is 139 Å². The summed E-state index contributed by atoms with van der Waals surface area (Å²) in [5.41, 5.74) is 1.48. The molecule has 0 saturated carbocycles. The zero-order chi connectivity index (χ0) is 17.1. The Hall–Kier alpha value is -2.44. The minimum Gasteiger partial charge on any atom is -0.356 e. The Morgan fingerprint density at radius 3 is 3.00 bits per heavy atom. The van der Waals surface area contributed by atoms with Crippen molar-refractivity contribution < 1.29 is 14.0 Å². The van der Waals surface area contributed by atoms with Crippen LogP contribution in [0.3, 0.4) is 0 Å². The number of hydrogen-bond acceptors (Lipinski definition) is 3. The zero-order valence-electron chi connectivity index (χ0n) is 13.7. The number of carbonyl (C=O) groups excluding carboxylic acids is 2. The van der Waals surface area contributed by atoms with E-state index < -0.39 is 0 Å². The average Bonchev–Trinajstić information content (AvgIpc) is 3.10. The fourth-order valence-electron chi connectivity index (χ4n) is 3.02. The lowest BCUT2D eigenvalue weighted by atomic mass is 10.3. The van der Waals surface area contributed by atoms with Crippen LogP contribution in [0, 0.1) is 5.82 Å². The van der Waals surface area contributed by atoms with E-state index in [0.29, 0.717) is 32.4 Å². The zero-order valence-corrected chi connectivity index (χ0v) is 13.7. The van der Waals surface area contributed by atoms with Crippen LogP contribution in [0.2, 0.25) is 0 Å². The summed E-state index contributed by atoms with van der Waals surface area (Å²) in [5.74, 6) is 0.571. The fourth-order valence-corrected chi connectivity index (χ4v) is 3.02. The van der Waals surface area contributed by atoms with Crippen LogP contribution in [0.4, 0.5) is 4.39 Å². The van der Waals surface area contributed by atoms with Crippen LogP contribution in [0.1, 0.15) is 25.1 Å². The molecule has 0 bridgehead atoms. The lowest BCUT2D eigenvalue weighted by molar-refractivity contribution is -0.128. The van der Waals surface area contributed by atoms with E-state index in [9.17, 15) is 14.0 Å². The number of amides is 2. The normalized spacial score (nSPS) is 14.6. The van der Waals surface area contributed by atoms with Gasteiger partial charge in [-0.15, -0.1) is 0 Å². The highest BCUT2D eigenvalue weighted by Gasteiger charge is 2.20. The first-order valence-corrected chi connectivity index (χ1v) is 8.20. The summed E-state index contributed by atoms with van der Waals surface area (Å²) in [6.07, 6.45) is 2.36.